The largest absolute Gasteiger partial charge is 0.323 e. The highest BCUT2D eigenvalue weighted by Gasteiger charge is 2.07. The third kappa shape index (κ3) is 5.00. The molecule has 0 atom stereocenters. The van der Waals surface area contributed by atoms with Crippen molar-refractivity contribution >= 4 is 40.6 Å². The molecule has 1 heterocycles. The van der Waals surface area contributed by atoms with Crippen molar-refractivity contribution in [3.63, 3.8) is 0 Å². The average molecular weight is 435 g/mol. The van der Waals surface area contributed by atoms with Gasteiger partial charge < -0.3 is 5.32 Å². The maximum atomic E-state index is 12.9. The Balaban J connectivity index is 1.41. The van der Waals surface area contributed by atoms with Gasteiger partial charge in [0.25, 0.3) is 0 Å². The molecule has 0 unspecified atom stereocenters. The van der Waals surface area contributed by atoms with Crippen LogP contribution in [0.1, 0.15) is 5.56 Å². The lowest BCUT2D eigenvalue weighted by Crippen LogP contribution is -2.07. The van der Waals surface area contributed by atoms with Gasteiger partial charge in [-0.3, -0.25) is 4.79 Å². The standard InChI is InChI=1S/C24H16ClFN2OS/c25-19-8-4-18(5-9-19)24-28-22(15-30-24)17-6-12-21(13-7-17)27-23(29)14-3-16-1-10-20(26)11-2-16/h1-15H,(H,27,29)/b14-3+. The summed E-state index contributed by atoms with van der Waals surface area (Å²) in [4.78, 5) is 16.8. The van der Waals surface area contributed by atoms with E-state index in [9.17, 15) is 9.18 Å². The van der Waals surface area contributed by atoms with Gasteiger partial charge in [0.05, 0.1) is 5.69 Å². The number of rotatable bonds is 5. The number of halogens is 2. The molecule has 0 aliphatic heterocycles. The van der Waals surface area contributed by atoms with Gasteiger partial charge in [0.1, 0.15) is 10.8 Å². The number of benzene rings is 3. The lowest BCUT2D eigenvalue weighted by Gasteiger charge is -2.03. The third-order valence-electron chi connectivity index (χ3n) is 4.34. The molecule has 1 aromatic heterocycles. The van der Waals surface area contributed by atoms with Crippen molar-refractivity contribution < 1.29 is 9.18 Å². The Morgan fingerprint density at radius 1 is 0.933 bits per heavy atom. The third-order valence-corrected chi connectivity index (χ3v) is 5.48. The zero-order valence-electron chi connectivity index (χ0n) is 15.7. The second-order valence-corrected chi connectivity index (χ2v) is 7.79. The van der Waals surface area contributed by atoms with Crippen molar-refractivity contribution in [3.8, 4) is 21.8 Å². The van der Waals surface area contributed by atoms with E-state index >= 15 is 0 Å². The maximum Gasteiger partial charge on any atom is 0.248 e. The van der Waals surface area contributed by atoms with Gasteiger partial charge in [0.2, 0.25) is 5.91 Å². The zero-order chi connectivity index (χ0) is 20.9. The highest BCUT2D eigenvalue weighted by Crippen LogP contribution is 2.30. The van der Waals surface area contributed by atoms with E-state index in [1.807, 2.05) is 53.9 Å². The second kappa shape index (κ2) is 9.03. The molecule has 1 amide bonds. The van der Waals surface area contributed by atoms with E-state index in [0.29, 0.717) is 10.7 Å². The average Bonchev–Trinajstić information content (AvgIpc) is 3.25. The fourth-order valence-corrected chi connectivity index (χ4v) is 3.75. The molecular weight excluding hydrogens is 419 g/mol. The van der Waals surface area contributed by atoms with Gasteiger partial charge in [0.15, 0.2) is 0 Å². The van der Waals surface area contributed by atoms with Gasteiger partial charge in [-0.2, -0.15) is 0 Å². The van der Waals surface area contributed by atoms with Crippen molar-refractivity contribution in [1.29, 1.82) is 0 Å². The summed E-state index contributed by atoms with van der Waals surface area (Å²) in [5.74, 6) is -0.567. The summed E-state index contributed by atoms with van der Waals surface area (Å²) >= 11 is 7.51. The number of amides is 1. The fourth-order valence-electron chi connectivity index (χ4n) is 2.79. The Kier molecular flexibility index (Phi) is 6.02. The van der Waals surface area contributed by atoms with Crippen molar-refractivity contribution in [2.24, 2.45) is 0 Å². The van der Waals surface area contributed by atoms with Crippen LogP contribution in [0.4, 0.5) is 10.1 Å². The first-order chi connectivity index (χ1) is 14.6. The number of nitrogens with one attached hydrogen (secondary N) is 1. The van der Waals surface area contributed by atoms with Gasteiger partial charge in [-0.15, -0.1) is 11.3 Å². The topological polar surface area (TPSA) is 42.0 Å². The fraction of sp³-hybridized carbons (Fsp3) is 0. The molecule has 3 nitrogen and oxygen atoms in total. The van der Waals surface area contributed by atoms with E-state index in [0.717, 1.165) is 27.4 Å². The molecule has 0 spiro atoms. The van der Waals surface area contributed by atoms with Crippen LogP contribution in [0.3, 0.4) is 0 Å². The van der Waals surface area contributed by atoms with Gasteiger partial charge in [-0.1, -0.05) is 48.0 Å². The normalized spacial score (nSPS) is 11.0. The highest BCUT2D eigenvalue weighted by atomic mass is 35.5. The number of nitrogens with zero attached hydrogens (tertiary/aromatic N) is 1. The van der Waals surface area contributed by atoms with Crippen molar-refractivity contribution in [3.05, 3.63) is 101 Å². The van der Waals surface area contributed by atoms with Crippen LogP contribution in [0.15, 0.2) is 84.3 Å². The summed E-state index contributed by atoms with van der Waals surface area (Å²) in [5.41, 5.74) is 4.29. The number of thiazole rings is 1. The van der Waals surface area contributed by atoms with E-state index in [1.54, 1.807) is 29.5 Å². The lowest BCUT2D eigenvalue weighted by molar-refractivity contribution is -0.111. The highest BCUT2D eigenvalue weighted by molar-refractivity contribution is 7.13. The molecule has 0 aliphatic rings. The molecule has 0 saturated heterocycles. The molecule has 6 heteroatoms. The Morgan fingerprint density at radius 2 is 1.60 bits per heavy atom. The van der Waals surface area contributed by atoms with Crippen LogP contribution in [-0.4, -0.2) is 10.9 Å². The predicted octanol–water partition coefficient (Wildman–Crippen LogP) is 6.92. The molecule has 30 heavy (non-hydrogen) atoms. The van der Waals surface area contributed by atoms with Crippen LogP contribution in [0, 0.1) is 5.82 Å². The number of anilines is 1. The molecule has 1 N–H and O–H groups in total. The quantitative estimate of drug-likeness (QED) is 0.346. The van der Waals surface area contributed by atoms with E-state index in [-0.39, 0.29) is 11.7 Å². The first-order valence-corrected chi connectivity index (χ1v) is 10.4. The SMILES string of the molecule is O=C(/C=C/c1ccc(F)cc1)Nc1ccc(-c2csc(-c3ccc(Cl)cc3)n2)cc1. The number of aromatic nitrogens is 1. The minimum atomic E-state index is -0.308. The predicted molar refractivity (Wildman–Crippen MR) is 122 cm³/mol. The number of carbonyl (C=O) groups excluding carboxylic acids is 1. The molecule has 0 bridgehead atoms. The van der Waals surface area contributed by atoms with Gasteiger partial charge >= 0.3 is 0 Å². The van der Waals surface area contributed by atoms with Crippen LogP contribution in [0.25, 0.3) is 27.9 Å². The van der Waals surface area contributed by atoms with Gasteiger partial charge in [0, 0.05) is 33.3 Å². The van der Waals surface area contributed by atoms with Gasteiger partial charge in [-0.05, 0) is 48.0 Å². The summed E-state index contributed by atoms with van der Waals surface area (Å²) in [6, 6.07) is 21.0. The molecule has 0 saturated carbocycles. The summed E-state index contributed by atoms with van der Waals surface area (Å²) in [6.07, 6.45) is 3.05. The van der Waals surface area contributed by atoms with E-state index in [1.165, 1.54) is 18.2 Å². The maximum absolute atomic E-state index is 12.9. The Hall–Kier alpha value is -3.28. The van der Waals surface area contributed by atoms with Crippen molar-refractivity contribution in [1.82, 2.24) is 4.98 Å². The summed E-state index contributed by atoms with van der Waals surface area (Å²) < 4.78 is 12.9. The van der Waals surface area contributed by atoms with Crippen LogP contribution in [0.2, 0.25) is 5.02 Å². The van der Waals surface area contributed by atoms with Crippen LogP contribution in [-0.2, 0) is 4.79 Å². The number of hydrogen-bond acceptors (Lipinski definition) is 3. The molecule has 0 radical (unpaired) electrons. The van der Waals surface area contributed by atoms with Crippen LogP contribution < -0.4 is 5.32 Å². The molecular formula is C24H16ClFN2OS. The molecule has 0 fully saturated rings. The summed E-state index contributed by atoms with van der Waals surface area (Å²) in [7, 11) is 0. The Labute approximate surface area is 182 Å². The van der Waals surface area contributed by atoms with Gasteiger partial charge in [-0.25, -0.2) is 9.37 Å². The Bertz CT molecular complexity index is 1180. The first-order valence-electron chi connectivity index (χ1n) is 9.13. The zero-order valence-corrected chi connectivity index (χ0v) is 17.3. The monoisotopic (exact) mass is 434 g/mol. The molecule has 3 aromatic carbocycles. The number of hydrogen-bond donors (Lipinski definition) is 1. The van der Waals surface area contributed by atoms with Crippen molar-refractivity contribution in [2.75, 3.05) is 5.32 Å². The Morgan fingerprint density at radius 3 is 2.30 bits per heavy atom. The smallest absolute Gasteiger partial charge is 0.248 e. The van der Waals surface area contributed by atoms with E-state index < -0.39 is 0 Å². The molecule has 4 aromatic rings. The number of carbonyl (C=O) groups is 1. The van der Waals surface area contributed by atoms with Crippen molar-refractivity contribution in [2.45, 2.75) is 0 Å². The molecule has 0 aliphatic carbocycles. The summed E-state index contributed by atoms with van der Waals surface area (Å²) in [6.45, 7) is 0. The van der Waals surface area contributed by atoms with Crippen LogP contribution in [0.5, 0.6) is 0 Å². The first kappa shape index (κ1) is 20.0. The molecule has 4 rings (SSSR count). The van der Waals surface area contributed by atoms with E-state index in [4.69, 9.17) is 16.6 Å². The lowest BCUT2D eigenvalue weighted by atomic mass is 10.1. The second-order valence-electron chi connectivity index (χ2n) is 6.50. The molecule has 148 valence electrons. The van der Waals surface area contributed by atoms with Crippen LogP contribution >= 0.6 is 22.9 Å². The van der Waals surface area contributed by atoms with E-state index in [2.05, 4.69) is 5.32 Å². The minimum Gasteiger partial charge on any atom is -0.323 e. The summed E-state index contributed by atoms with van der Waals surface area (Å²) in [5, 5.41) is 6.43. The minimum absolute atomic E-state index is 0.259.